The molecule has 4 atom stereocenters. The van der Waals surface area contributed by atoms with Gasteiger partial charge in [0.15, 0.2) is 0 Å². The van der Waals surface area contributed by atoms with Crippen molar-refractivity contribution in [1.82, 2.24) is 4.90 Å². The number of nitrogens with zero attached hydrogens (tertiary/aromatic N) is 2. The Morgan fingerprint density at radius 2 is 2.10 bits per heavy atom. The molecule has 0 unspecified atom stereocenters. The van der Waals surface area contributed by atoms with Crippen molar-refractivity contribution in [2.24, 2.45) is 11.1 Å². The fourth-order valence-electron chi connectivity index (χ4n) is 3.94. The number of hydrogen-bond donors (Lipinski definition) is 0. The highest BCUT2D eigenvalue weighted by atomic mass is 35.5. The Bertz CT molecular complexity index is 549. The van der Waals surface area contributed by atoms with Crippen LogP contribution in [0.3, 0.4) is 0 Å². The minimum Gasteiger partial charge on any atom is -0.399 e. The monoisotopic (exact) mass is 326 g/mol. The van der Waals surface area contributed by atoms with E-state index in [9.17, 15) is 0 Å². The van der Waals surface area contributed by atoms with Crippen LogP contribution in [0, 0.1) is 5.92 Å². The van der Waals surface area contributed by atoms with E-state index in [1.165, 1.54) is 18.4 Å². The predicted octanol–water partition coefficient (Wildman–Crippen LogP) is 4.19. The van der Waals surface area contributed by atoms with Crippen molar-refractivity contribution in [1.29, 1.82) is 0 Å². The molecule has 0 saturated carbocycles. The lowest BCUT2D eigenvalue weighted by Gasteiger charge is -2.41. The number of fused-ring (bicyclic) bond motifs is 2. The molecule has 2 heterocycles. The summed E-state index contributed by atoms with van der Waals surface area (Å²) in [5.74, 6) is 0.776. The first kappa shape index (κ1) is 15.1. The molecule has 0 spiro atoms. The number of oxime groups is 1. The van der Waals surface area contributed by atoms with Gasteiger partial charge in [0.25, 0.3) is 0 Å². The molecule has 1 aromatic carbocycles. The Morgan fingerprint density at radius 3 is 2.81 bits per heavy atom. The van der Waals surface area contributed by atoms with E-state index in [0.717, 1.165) is 6.42 Å². The van der Waals surface area contributed by atoms with Crippen molar-refractivity contribution in [3.63, 3.8) is 0 Å². The number of rotatable bonds is 3. The van der Waals surface area contributed by atoms with E-state index in [2.05, 4.69) is 23.2 Å². The molecule has 0 N–H and O–H groups in total. The predicted molar refractivity (Wildman–Crippen MR) is 87.4 cm³/mol. The number of benzene rings is 1. The first-order valence-corrected chi connectivity index (χ1v) is 8.11. The molecular formula is C16H20Cl2N2O. The number of piperidine rings is 1. The van der Waals surface area contributed by atoms with Crippen LogP contribution in [0.25, 0.3) is 0 Å². The summed E-state index contributed by atoms with van der Waals surface area (Å²) in [6, 6.07) is 7.18. The second-order valence-corrected chi connectivity index (χ2v) is 6.81. The molecule has 5 heteroatoms. The minimum atomic E-state index is 0.353. The second-order valence-electron chi connectivity index (χ2n) is 5.99. The van der Waals surface area contributed by atoms with Crippen molar-refractivity contribution >= 4 is 29.4 Å². The van der Waals surface area contributed by atoms with Crippen LogP contribution in [0.1, 0.15) is 30.7 Å². The first-order chi connectivity index (χ1) is 10.1. The van der Waals surface area contributed by atoms with E-state index in [1.54, 1.807) is 7.11 Å². The van der Waals surface area contributed by atoms with E-state index in [-0.39, 0.29) is 0 Å². The molecule has 21 heavy (non-hydrogen) atoms. The molecule has 3 nitrogen and oxygen atoms in total. The van der Waals surface area contributed by atoms with Gasteiger partial charge in [0.1, 0.15) is 7.11 Å². The van der Waals surface area contributed by atoms with Crippen molar-refractivity contribution in [2.45, 2.75) is 37.3 Å². The summed E-state index contributed by atoms with van der Waals surface area (Å²) in [6.07, 6.45) is 5.58. The van der Waals surface area contributed by atoms with Crippen LogP contribution in [0.4, 0.5) is 0 Å². The molecule has 2 saturated heterocycles. The second kappa shape index (κ2) is 6.15. The van der Waals surface area contributed by atoms with Crippen molar-refractivity contribution in [3.05, 3.63) is 33.8 Å². The van der Waals surface area contributed by atoms with Crippen LogP contribution in [-0.2, 0) is 4.84 Å². The average molecular weight is 327 g/mol. The molecule has 114 valence electrons. The molecule has 3 rings (SSSR count). The molecule has 2 bridgehead atoms. The van der Waals surface area contributed by atoms with Gasteiger partial charge in [-0.3, -0.25) is 4.90 Å². The molecule has 2 aliphatic heterocycles. The van der Waals surface area contributed by atoms with Gasteiger partial charge in [-0.1, -0.05) is 34.4 Å². The van der Waals surface area contributed by atoms with Gasteiger partial charge in [0.2, 0.25) is 0 Å². The minimum absolute atomic E-state index is 0.353. The maximum atomic E-state index is 6.20. The lowest BCUT2D eigenvalue weighted by atomic mass is 9.77. The summed E-state index contributed by atoms with van der Waals surface area (Å²) in [5.41, 5.74) is 1.25. The van der Waals surface area contributed by atoms with E-state index < -0.39 is 0 Å². The van der Waals surface area contributed by atoms with Gasteiger partial charge in [0, 0.05) is 24.2 Å². The Hall–Kier alpha value is -0.770. The molecule has 0 aromatic heterocycles. The largest absolute Gasteiger partial charge is 0.399 e. The Labute approximate surface area is 135 Å². The highest BCUT2D eigenvalue weighted by molar-refractivity contribution is 6.42. The topological polar surface area (TPSA) is 24.8 Å². The molecule has 1 aromatic rings. The molecule has 2 fully saturated rings. The summed E-state index contributed by atoms with van der Waals surface area (Å²) < 4.78 is 0. The summed E-state index contributed by atoms with van der Waals surface area (Å²) in [4.78, 5) is 7.42. The van der Waals surface area contributed by atoms with E-state index in [1.807, 2.05) is 18.3 Å². The van der Waals surface area contributed by atoms with Crippen LogP contribution >= 0.6 is 23.2 Å². The third-order valence-electron chi connectivity index (χ3n) is 5.04. The summed E-state index contributed by atoms with van der Waals surface area (Å²) in [5, 5.41) is 5.29. The highest BCUT2D eigenvalue weighted by Crippen LogP contribution is 2.46. The molecule has 0 aliphatic carbocycles. The standard InChI is InChI=1S/C16H20Cl2N2O/c1-20-11-4-6-16(20)13(9-19-21-2)12(8-11)10-3-5-14(17)15(18)7-10/h3,5,7,9,11-13,16H,4,6,8H2,1-2H3/b19-9+/t11-,12-,13-,16+/m0/s1. The quantitative estimate of drug-likeness (QED) is 0.614. The third-order valence-corrected chi connectivity index (χ3v) is 5.78. The maximum Gasteiger partial charge on any atom is 0.106 e. The van der Waals surface area contributed by atoms with Gasteiger partial charge in [-0.2, -0.15) is 0 Å². The first-order valence-electron chi connectivity index (χ1n) is 7.35. The van der Waals surface area contributed by atoms with Gasteiger partial charge in [-0.15, -0.1) is 0 Å². The average Bonchev–Trinajstić information content (AvgIpc) is 2.72. The van der Waals surface area contributed by atoms with Gasteiger partial charge in [-0.25, -0.2) is 0 Å². The molecule has 2 aliphatic rings. The Morgan fingerprint density at radius 1 is 1.29 bits per heavy atom. The third kappa shape index (κ3) is 2.79. The Kier molecular flexibility index (Phi) is 4.43. The zero-order valence-corrected chi connectivity index (χ0v) is 13.8. The van der Waals surface area contributed by atoms with Crippen LogP contribution in [-0.4, -0.2) is 37.4 Å². The maximum absolute atomic E-state index is 6.20. The Balaban J connectivity index is 1.94. The van der Waals surface area contributed by atoms with Crippen LogP contribution in [0.15, 0.2) is 23.4 Å². The van der Waals surface area contributed by atoms with E-state index >= 15 is 0 Å². The smallest absolute Gasteiger partial charge is 0.106 e. The van der Waals surface area contributed by atoms with Crippen LogP contribution < -0.4 is 0 Å². The summed E-state index contributed by atoms with van der Waals surface area (Å²) >= 11 is 12.2. The summed E-state index contributed by atoms with van der Waals surface area (Å²) in [7, 11) is 3.82. The summed E-state index contributed by atoms with van der Waals surface area (Å²) in [6.45, 7) is 0. The van der Waals surface area contributed by atoms with Crippen molar-refractivity contribution in [3.8, 4) is 0 Å². The van der Waals surface area contributed by atoms with Gasteiger partial charge in [0.05, 0.1) is 10.0 Å². The normalized spacial score (nSPS) is 32.8. The fraction of sp³-hybridized carbons (Fsp3) is 0.562. The molecule has 0 radical (unpaired) electrons. The SMILES string of the molecule is CO/N=C/[C@@H]1[C@H]2CC[C@@H](C[C@H]1c1ccc(Cl)c(Cl)c1)N2C. The van der Waals surface area contributed by atoms with Gasteiger partial charge in [-0.05, 0) is 49.9 Å². The van der Waals surface area contributed by atoms with Crippen molar-refractivity contribution < 1.29 is 4.84 Å². The number of hydrogen-bond acceptors (Lipinski definition) is 3. The molecular weight excluding hydrogens is 307 g/mol. The number of halogens is 2. The molecule has 0 amide bonds. The zero-order valence-electron chi connectivity index (χ0n) is 12.3. The lowest BCUT2D eigenvalue weighted by Crippen LogP contribution is -2.46. The van der Waals surface area contributed by atoms with Crippen LogP contribution in [0.5, 0.6) is 0 Å². The van der Waals surface area contributed by atoms with Crippen molar-refractivity contribution in [2.75, 3.05) is 14.2 Å². The van der Waals surface area contributed by atoms with Crippen LogP contribution in [0.2, 0.25) is 10.0 Å². The van der Waals surface area contributed by atoms with Gasteiger partial charge >= 0.3 is 0 Å². The van der Waals surface area contributed by atoms with E-state index in [0.29, 0.717) is 34.0 Å². The lowest BCUT2D eigenvalue weighted by molar-refractivity contribution is 0.131. The van der Waals surface area contributed by atoms with E-state index in [4.69, 9.17) is 28.0 Å². The fourth-order valence-corrected chi connectivity index (χ4v) is 4.25. The zero-order chi connectivity index (χ0) is 15.0. The van der Waals surface area contributed by atoms with Gasteiger partial charge < -0.3 is 4.84 Å². The highest BCUT2D eigenvalue weighted by Gasteiger charge is 2.45.